The zero-order valence-corrected chi connectivity index (χ0v) is 8.10. The van der Waals surface area contributed by atoms with Crippen LogP contribution in [0.3, 0.4) is 0 Å². The molecule has 0 unspecified atom stereocenters. The van der Waals surface area contributed by atoms with E-state index in [9.17, 15) is 0 Å². The van der Waals surface area contributed by atoms with Crippen molar-refractivity contribution in [1.29, 1.82) is 0 Å². The molecule has 0 amide bonds. The molecule has 6 heavy (non-hydrogen) atoms. The third-order valence-electron chi connectivity index (χ3n) is 0. The van der Waals surface area contributed by atoms with Gasteiger partial charge in [0.15, 0.2) is 0 Å². The van der Waals surface area contributed by atoms with Crippen LogP contribution in [0.5, 0.6) is 0 Å². The van der Waals surface area contributed by atoms with E-state index in [1.807, 2.05) is 0 Å². The molecule has 0 spiro atoms. The maximum absolute atomic E-state index is 4.97. The molecular formula is Cl4SiTi. The smallest absolute Gasteiger partial charge is 0.110 e. The molecule has 0 aliphatic carbocycles. The fourth-order valence-electron chi connectivity index (χ4n) is 0. The van der Waals surface area contributed by atoms with Gasteiger partial charge in [0.05, 0.1) is 0 Å². The molecule has 0 rings (SSSR count). The monoisotopic (exact) mass is 216 g/mol. The SMILES string of the molecule is Cl[Si](Cl)(Cl)Cl.[Ti]. The molecule has 0 aromatic carbocycles. The van der Waals surface area contributed by atoms with Gasteiger partial charge in [0, 0.05) is 21.7 Å². The maximum Gasteiger partial charge on any atom is 0.440 e. The summed E-state index contributed by atoms with van der Waals surface area (Å²) in [7, 11) is 0. The van der Waals surface area contributed by atoms with Gasteiger partial charge >= 0.3 is 5.31 Å². The Balaban J connectivity index is 0. The van der Waals surface area contributed by atoms with Crippen molar-refractivity contribution in [3.8, 4) is 0 Å². The summed E-state index contributed by atoms with van der Waals surface area (Å²) in [5.74, 6) is 0. The standard InChI is InChI=1S/Cl4Si.Ti/c1-5(2,3)4;. The Bertz CT molecular complexity index is 23.0. The first kappa shape index (κ1) is 11.0. The molecule has 0 atom stereocenters. The summed E-state index contributed by atoms with van der Waals surface area (Å²) in [5, 5.41) is -2.72. The van der Waals surface area contributed by atoms with E-state index in [4.69, 9.17) is 44.3 Å². The topological polar surface area (TPSA) is 0 Å². The van der Waals surface area contributed by atoms with Crippen molar-refractivity contribution in [2.45, 2.75) is 0 Å². The quantitative estimate of drug-likeness (QED) is 0.432. The summed E-state index contributed by atoms with van der Waals surface area (Å²) < 4.78 is 0. The fourth-order valence-corrected chi connectivity index (χ4v) is 0. The minimum absolute atomic E-state index is 0. The summed E-state index contributed by atoms with van der Waals surface area (Å²) in [6, 6.07) is 0. The van der Waals surface area contributed by atoms with Gasteiger partial charge in [0.1, 0.15) is 0 Å². The molecule has 0 saturated carbocycles. The van der Waals surface area contributed by atoms with Gasteiger partial charge < -0.3 is 0 Å². The van der Waals surface area contributed by atoms with Gasteiger partial charge in [-0.25, -0.2) is 0 Å². The summed E-state index contributed by atoms with van der Waals surface area (Å²) in [5.41, 5.74) is 0. The van der Waals surface area contributed by atoms with Gasteiger partial charge in [0.25, 0.3) is 0 Å². The molecule has 0 aliphatic rings. The predicted molar refractivity (Wildman–Crippen MR) is 29.2 cm³/mol. The Morgan fingerprint density at radius 2 is 0.833 bits per heavy atom. The summed E-state index contributed by atoms with van der Waals surface area (Å²) in [4.78, 5) is 0. The Morgan fingerprint density at radius 1 is 0.833 bits per heavy atom. The first-order valence-corrected chi connectivity index (χ1v) is 6.80. The van der Waals surface area contributed by atoms with Gasteiger partial charge in [-0.1, -0.05) is 0 Å². The molecule has 0 aromatic heterocycles. The molecule has 0 heterocycles. The molecule has 0 aromatic rings. The number of hydrogen-bond acceptors (Lipinski definition) is 0. The van der Waals surface area contributed by atoms with E-state index in [0.29, 0.717) is 0 Å². The van der Waals surface area contributed by atoms with Gasteiger partial charge in [-0.3, -0.25) is 0 Å². The summed E-state index contributed by atoms with van der Waals surface area (Å²) in [6.45, 7) is 0. The first-order chi connectivity index (χ1) is 2.00. The minimum Gasteiger partial charge on any atom is -0.110 e. The number of halogens is 4. The molecule has 0 fully saturated rings. The molecule has 0 saturated heterocycles. The van der Waals surface area contributed by atoms with Gasteiger partial charge in [0.2, 0.25) is 0 Å². The second-order valence-corrected chi connectivity index (χ2v) is 11.6. The zero-order chi connectivity index (χ0) is 4.50. The fraction of sp³-hybridized carbons (Fsp3) is 0. The van der Waals surface area contributed by atoms with Gasteiger partial charge in [-0.15, -0.1) is 44.3 Å². The Kier molecular flexibility index (Phi) is 7.34. The summed E-state index contributed by atoms with van der Waals surface area (Å²) in [6.07, 6.45) is 0. The van der Waals surface area contributed by atoms with Gasteiger partial charge in [-0.05, 0) is 0 Å². The average molecular weight is 218 g/mol. The van der Waals surface area contributed by atoms with Crippen molar-refractivity contribution in [2.75, 3.05) is 0 Å². The summed E-state index contributed by atoms with van der Waals surface area (Å²) >= 11 is 19.9. The first-order valence-electron chi connectivity index (χ1n) is 0.756. The van der Waals surface area contributed by atoms with E-state index < -0.39 is 5.31 Å². The van der Waals surface area contributed by atoms with Crippen molar-refractivity contribution in [2.24, 2.45) is 0 Å². The Morgan fingerprint density at radius 3 is 0.833 bits per heavy atom. The third kappa shape index (κ3) is 36.1. The van der Waals surface area contributed by atoms with E-state index in [1.54, 1.807) is 0 Å². The van der Waals surface area contributed by atoms with Crippen LogP contribution in [-0.2, 0) is 21.7 Å². The van der Waals surface area contributed by atoms with E-state index in [0.717, 1.165) is 0 Å². The third-order valence-corrected chi connectivity index (χ3v) is 0. The molecule has 0 N–H and O–H groups in total. The van der Waals surface area contributed by atoms with Crippen molar-refractivity contribution in [1.82, 2.24) is 0 Å². The number of hydrogen-bond donors (Lipinski definition) is 0. The van der Waals surface area contributed by atoms with E-state index in [1.165, 1.54) is 0 Å². The van der Waals surface area contributed by atoms with Crippen LogP contribution in [0.2, 0.25) is 0 Å². The van der Waals surface area contributed by atoms with E-state index in [2.05, 4.69) is 0 Å². The molecule has 6 heteroatoms. The van der Waals surface area contributed by atoms with Crippen LogP contribution in [0.4, 0.5) is 0 Å². The Labute approximate surface area is 70.8 Å². The van der Waals surface area contributed by atoms with Crippen LogP contribution in [0, 0.1) is 0 Å². The normalized spacial score (nSPS) is 10.0. The molecular weight excluding hydrogens is 218 g/mol. The number of rotatable bonds is 0. The second-order valence-electron chi connectivity index (χ2n) is 0.429. The molecule has 0 nitrogen and oxygen atoms in total. The van der Waals surface area contributed by atoms with E-state index in [-0.39, 0.29) is 21.7 Å². The van der Waals surface area contributed by atoms with Crippen LogP contribution in [-0.4, -0.2) is 5.31 Å². The Hall–Kier alpha value is 2.09. The van der Waals surface area contributed by atoms with Crippen molar-refractivity contribution in [3.05, 3.63) is 0 Å². The molecule has 0 aliphatic heterocycles. The maximum atomic E-state index is 4.97. The molecule has 0 radical (unpaired) electrons. The van der Waals surface area contributed by atoms with Crippen LogP contribution in [0.15, 0.2) is 0 Å². The van der Waals surface area contributed by atoms with Crippen molar-refractivity contribution < 1.29 is 21.7 Å². The zero-order valence-electron chi connectivity index (χ0n) is 2.51. The average Bonchev–Trinajstić information content (AvgIpc) is 0.722. The minimum atomic E-state index is -2.72. The molecule has 36 valence electrons. The van der Waals surface area contributed by atoms with Crippen LogP contribution in [0.25, 0.3) is 0 Å². The molecule has 0 bridgehead atoms. The largest absolute Gasteiger partial charge is 0.440 e. The van der Waals surface area contributed by atoms with Crippen molar-refractivity contribution >= 4 is 49.6 Å². The van der Waals surface area contributed by atoms with Gasteiger partial charge in [-0.2, -0.15) is 0 Å². The van der Waals surface area contributed by atoms with Crippen LogP contribution in [0.1, 0.15) is 0 Å². The second kappa shape index (κ2) is 4.02. The van der Waals surface area contributed by atoms with Crippen LogP contribution >= 0.6 is 44.3 Å². The van der Waals surface area contributed by atoms with Crippen molar-refractivity contribution in [3.63, 3.8) is 0 Å². The van der Waals surface area contributed by atoms with Crippen LogP contribution < -0.4 is 0 Å². The van der Waals surface area contributed by atoms with E-state index >= 15 is 0 Å². The predicted octanol–water partition coefficient (Wildman–Crippen LogP) is 2.37.